The van der Waals surface area contributed by atoms with E-state index in [0.29, 0.717) is 10.6 Å². The Morgan fingerprint density at radius 3 is 2.69 bits per heavy atom. The van der Waals surface area contributed by atoms with Gasteiger partial charge in [0.2, 0.25) is 0 Å². The molecule has 0 aliphatic heterocycles. The van der Waals surface area contributed by atoms with Crippen molar-refractivity contribution >= 4 is 29.7 Å². The Labute approximate surface area is 105 Å². The highest BCUT2D eigenvalue weighted by atomic mass is 35.5. The van der Waals surface area contributed by atoms with Crippen LogP contribution in [0.3, 0.4) is 0 Å². The van der Waals surface area contributed by atoms with Crippen molar-refractivity contribution in [3.63, 3.8) is 0 Å². The zero-order valence-corrected chi connectivity index (χ0v) is 10.4. The summed E-state index contributed by atoms with van der Waals surface area (Å²) in [5.41, 5.74) is 6.54. The van der Waals surface area contributed by atoms with Gasteiger partial charge in [-0.1, -0.05) is 24.9 Å². The van der Waals surface area contributed by atoms with Crippen LogP contribution in [0.25, 0.3) is 0 Å². The number of hydrogen-bond acceptors (Lipinski definition) is 3. The summed E-state index contributed by atoms with van der Waals surface area (Å²) < 4.78 is 0. The molecule has 0 bridgehead atoms. The maximum Gasteiger partial charge on any atom is 0.269 e. The second kappa shape index (κ2) is 6.68. The molecule has 1 aromatic carbocycles. The molecule has 0 radical (unpaired) electrons. The number of rotatable bonds is 4. The van der Waals surface area contributed by atoms with Crippen LogP contribution in [0.5, 0.6) is 0 Å². The highest BCUT2D eigenvalue weighted by Crippen LogP contribution is 2.28. The fourth-order valence-corrected chi connectivity index (χ4v) is 1.65. The molecule has 0 saturated carbocycles. The summed E-state index contributed by atoms with van der Waals surface area (Å²) in [5, 5.41) is 11.1. The Hall–Kier alpha value is -0.840. The summed E-state index contributed by atoms with van der Waals surface area (Å²) in [6.45, 7) is 2.01. The highest BCUT2D eigenvalue weighted by Gasteiger charge is 2.14. The number of non-ortho nitro benzene ring substituents is 1. The second-order valence-corrected chi connectivity index (χ2v) is 3.77. The minimum Gasteiger partial charge on any atom is -0.324 e. The molecule has 2 N–H and O–H groups in total. The molecule has 1 rings (SSSR count). The number of nitrogens with zero attached hydrogens (tertiary/aromatic N) is 1. The predicted octanol–water partition coefficient (Wildman–Crippen LogP) is 3.47. The Morgan fingerprint density at radius 2 is 2.19 bits per heavy atom. The molecule has 6 heteroatoms. The average molecular weight is 265 g/mol. The molecule has 1 aromatic rings. The molecule has 0 spiro atoms. The van der Waals surface area contributed by atoms with Gasteiger partial charge in [0.15, 0.2) is 0 Å². The Kier molecular flexibility index (Phi) is 6.33. The monoisotopic (exact) mass is 264 g/mol. The zero-order chi connectivity index (χ0) is 11.4. The first kappa shape index (κ1) is 15.2. The summed E-state index contributed by atoms with van der Waals surface area (Å²) in [7, 11) is 0. The number of hydrogen-bond donors (Lipinski definition) is 1. The van der Waals surface area contributed by atoms with Crippen molar-refractivity contribution < 1.29 is 4.92 Å². The van der Waals surface area contributed by atoms with Crippen LogP contribution in [-0.4, -0.2) is 4.92 Å². The summed E-state index contributed by atoms with van der Waals surface area (Å²) >= 11 is 5.93. The Bertz CT molecular complexity index is 372. The Morgan fingerprint density at radius 1 is 1.56 bits per heavy atom. The van der Waals surface area contributed by atoms with E-state index in [9.17, 15) is 10.1 Å². The van der Waals surface area contributed by atoms with Crippen LogP contribution in [0.2, 0.25) is 5.02 Å². The van der Waals surface area contributed by atoms with Crippen molar-refractivity contribution in [2.45, 2.75) is 25.8 Å². The molecule has 0 saturated heterocycles. The van der Waals surface area contributed by atoms with Gasteiger partial charge >= 0.3 is 0 Å². The lowest BCUT2D eigenvalue weighted by Crippen LogP contribution is -2.10. The minimum atomic E-state index is -0.446. The van der Waals surface area contributed by atoms with E-state index in [4.69, 9.17) is 17.3 Å². The van der Waals surface area contributed by atoms with E-state index in [1.165, 1.54) is 18.2 Å². The lowest BCUT2D eigenvalue weighted by atomic mass is 10.0. The molecular weight excluding hydrogens is 251 g/mol. The van der Waals surface area contributed by atoms with Crippen LogP contribution in [0.4, 0.5) is 5.69 Å². The van der Waals surface area contributed by atoms with E-state index < -0.39 is 4.92 Å². The topological polar surface area (TPSA) is 69.2 Å². The van der Waals surface area contributed by atoms with E-state index in [-0.39, 0.29) is 24.1 Å². The quantitative estimate of drug-likeness (QED) is 0.669. The predicted molar refractivity (Wildman–Crippen MR) is 67.2 cm³/mol. The van der Waals surface area contributed by atoms with Gasteiger partial charge in [-0.15, -0.1) is 12.4 Å². The lowest BCUT2D eigenvalue weighted by Gasteiger charge is -2.11. The first-order chi connectivity index (χ1) is 7.06. The van der Waals surface area contributed by atoms with Gasteiger partial charge in [0.05, 0.1) is 4.92 Å². The number of nitrogens with two attached hydrogens (primary N) is 1. The number of halogens is 2. The van der Waals surface area contributed by atoms with Crippen LogP contribution < -0.4 is 5.73 Å². The molecule has 0 unspecified atom stereocenters. The van der Waals surface area contributed by atoms with E-state index >= 15 is 0 Å². The van der Waals surface area contributed by atoms with Crippen molar-refractivity contribution in [1.29, 1.82) is 0 Å². The van der Waals surface area contributed by atoms with Crippen molar-refractivity contribution in [3.8, 4) is 0 Å². The number of nitro benzene ring substituents is 1. The van der Waals surface area contributed by atoms with Crippen molar-refractivity contribution in [2.75, 3.05) is 0 Å². The molecular formula is C10H14Cl2N2O2. The molecule has 16 heavy (non-hydrogen) atoms. The summed E-state index contributed by atoms with van der Waals surface area (Å²) in [6, 6.07) is 4.11. The van der Waals surface area contributed by atoms with Gasteiger partial charge in [0, 0.05) is 23.2 Å². The summed E-state index contributed by atoms with van der Waals surface area (Å²) in [5.74, 6) is 0. The maximum absolute atomic E-state index is 10.6. The van der Waals surface area contributed by atoms with Gasteiger partial charge in [0.1, 0.15) is 0 Å². The third-order valence-electron chi connectivity index (χ3n) is 2.19. The molecule has 0 aliphatic rings. The molecule has 0 aliphatic carbocycles. The summed E-state index contributed by atoms with van der Waals surface area (Å²) in [6.07, 6.45) is 1.68. The first-order valence-corrected chi connectivity index (χ1v) is 5.13. The van der Waals surface area contributed by atoms with Crippen LogP contribution in [0.1, 0.15) is 31.4 Å². The van der Waals surface area contributed by atoms with Gasteiger partial charge in [-0.3, -0.25) is 10.1 Å². The normalized spacial score (nSPS) is 11.7. The van der Waals surface area contributed by atoms with Crippen LogP contribution in [0, 0.1) is 10.1 Å². The second-order valence-electron chi connectivity index (χ2n) is 3.36. The van der Waals surface area contributed by atoms with Crippen LogP contribution >= 0.6 is 24.0 Å². The molecule has 4 nitrogen and oxygen atoms in total. The molecule has 0 fully saturated rings. The molecule has 0 amide bonds. The zero-order valence-electron chi connectivity index (χ0n) is 8.85. The van der Waals surface area contributed by atoms with E-state index in [1.54, 1.807) is 0 Å². The molecule has 1 atom stereocenters. The van der Waals surface area contributed by atoms with E-state index in [1.807, 2.05) is 6.92 Å². The smallest absolute Gasteiger partial charge is 0.269 e. The molecule has 90 valence electrons. The highest BCUT2D eigenvalue weighted by molar-refractivity contribution is 6.31. The molecule has 0 aromatic heterocycles. The van der Waals surface area contributed by atoms with E-state index in [2.05, 4.69) is 0 Å². The van der Waals surface area contributed by atoms with Gasteiger partial charge < -0.3 is 5.73 Å². The SMILES string of the molecule is CCC[C@@H](N)c1cc([N+](=O)[O-])ccc1Cl.Cl. The van der Waals surface area contributed by atoms with Gasteiger partial charge in [-0.2, -0.15) is 0 Å². The fourth-order valence-electron chi connectivity index (χ4n) is 1.40. The lowest BCUT2D eigenvalue weighted by molar-refractivity contribution is -0.384. The largest absolute Gasteiger partial charge is 0.324 e. The average Bonchev–Trinajstić information content (AvgIpc) is 2.18. The van der Waals surface area contributed by atoms with Gasteiger partial charge in [-0.05, 0) is 18.1 Å². The minimum absolute atomic E-state index is 0. The fraction of sp³-hybridized carbons (Fsp3) is 0.400. The van der Waals surface area contributed by atoms with E-state index in [0.717, 1.165) is 12.8 Å². The number of benzene rings is 1. The standard InChI is InChI=1S/C10H13ClN2O2.ClH/c1-2-3-10(12)8-6-7(13(14)15)4-5-9(8)11;/h4-6,10H,2-3,12H2,1H3;1H/t10-;/m1./s1. The summed E-state index contributed by atoms with van der Waals surface area (Å²) in [4.78, 5) is 10.1. The maximum atomic E-state index is 10.6. The van der Waals surface area contributed by atoms with Crippen LogP contribution in [0.15, 0.2) is 18.2 Å². The van der Waals surface area contributed by atoms with Crippen molar-refractivity contribution in [1.82, 2.24) is 0 Å². The number of nitro groups is 1. The van der Waals surface area contributed by atoms with Gasteiger partial charge in [0.25, 0.3) is 5.69 Å². The van der Waals surface area contributed by atoms with Crippen LogP contribution in [-0.2, 0) is 0 Å². The first-order valence-electron chi connectivity index (χ1n) is 4.75. The van der Waals surface area contributed by atoms with Gasteiger partial charge in [-0.25, -0.2) is 0 Å². The third kappa shape index (κ3) is 3.63. The van der Waals surface area contributed by atoms with Crippen molar-refractivity contribution in [2.24, 2.45) is 5.73 Å². The Balaban J connectivity index is 0.00000225. The van der Waals surface area contributed by atoms with Crippen molar-refractivity contribution in [3.05, 3.63) is 38.9 Å². The molecule has 0 heterocycles. The third-order valence-corrected chi connectivity index (χ3v) is 2.53.